The van der Waals surface area contributed by atoms with Crippen LogP contribution in [0.15, 0.2) is 46.2 Å². The monoisotopic (exact) mass is 427 g/mol. The average Bonchev–Trinajstić information content (AvgIpc) is 3.34. The fourth-order valence-corrected chi connectivity index (χ4v) is 3.56. The highest BCUT2D eigenvalue weighted by Crippen LogP contribution is 2.28. The molecule has 0 spiro atoms. The van der Waals surface area contributed by atoms with E-state index in [0.29, 0.717) is 0 Å². The second kappa shape index (κ2) is 7.88. The van der Waals surface area contributed by atoms with E-state index in [-0.39, 0.29) is 29.7 Å². The first-order valence-corrected chi connectivity index (χ1v) is 10.0. The largest absolute Gasteiger partial charge is 0.394 e. The van der Waals surface area contributed by atoms with E-state index >= 15 is 0 Å². The number of H-pyrrole nitrogens is 1. The SMILES string of the molecule is CC(C)(C)c1ccc(-n2cc(-c3cn([C@H]4C[C@H](O)[C@@H](CO)O4)c(=O)[nH]c3=O)nn2)cc1. The molecule has 31 heavy (non-hydrogen) atoms. The van der Waals surface area contributed by atoms with Crippen LogP contribution in [0.4, 0.5) is 0 Å². The molecule has 4 rings (SSSR count). The van der Waals surface area contributed by atoms with Gasteiger partial charge in [0.25, 0.3) is 5.56 Å². The molecule has 1 aliphatic heterocycles. The Kier molecular flexibility index (Phi) is 5.38. The molecule has 0 radical (unpaired) electrons. The molecular weight excluding hydrogens is 402 g/mol. The van der Waals surface area contributed by atoms with E-state index in [4.69, 9.17) is 4.74 Å². The van der Waals surface area contributed by atoms with Gasteiger partial charge in [-0.2, -0.15) is 0 Å². The van der Waals surface area contributed by atoms with E-state index < -0.39 is 29.7 Å². The predicted molar refractivity (Wildman–Crippen MR) is 112 cm³/mol. The summed E-state index contributed by atoms with van der Waals surface area (Å²) in [4.78, 5) is 27.0. The molecule has 2 aromatic heterocycles. The summed E-state index contributed by atoms with van der Waals surface area (Å²) in [5, 5.41) is 27.4. The topological polar surface area (TPSA) is 135 Å². The number of aliphatic hydroxyl groups is 2. The molecule has 1 fully saturated rings. The summed E-state index contributed by atoms with van der Waals surface area (Å²) >= 11 is 0. The molecule has 3 heterocycles. The molecule has 0 bridgehead atoms. The number of aliphatic hydroxyl groups excluding tert-OH is 2. The van der Waals surface area contributed by atoms with Gasteiger partial charge in [0.05, 0.1) is 30.2 Å². The van der Waals surface area contributed by atoms with Crippen LogP contribution in [0.3, 0.4) is 0 Å². The number of nitrogens with one attached hydrogen (secondary N) is 1. The van der Waals surface area contributed by atoms with Gasteiger partial charge in [0.1, 0.15) is 18.0 Å². The van der Waals surface area contributed by atoms with Gasteiger partial charge in [-0.15, -0.1) is 5.10 Å². The fourth-order valence-electron chi connectivity index (χ4n) is 3.56. The fraction of sp³-hybridized carbons (Fsp3) is 0.429. The third-order valence-corrected chi connectivity index (χ3v) is 5.43. The van der Waals surface area contributed by atoms with Crippen LogP contribution < -0.4 is 11.2 Å². The molecule has 3 N–H and O–H groups in total. The van der Waals surface area contributed by atoms with Gasteiger partial charge in [-0.25, -0.2) is 9.48 Å². The highest BCUT2D eigenvalue weighted by Gasteiger charge is 2.35. The normalized spacial score (nSPS) is 21.5. The minimum absolute atomic E-state index is 0.0258. The Hall–Kier alpha value is -3.08. The minimum Gasteiger partial charge on any atom is -0.394 e. The minimum atomic E-state index is -0.908. The number of rotatable bonds is 4. The standard InChI is InChI=1S/C21H25N5O5/c1-21(2,3)12-4-6-13(7-5-12)26-10-15(23-24-26)14-9-25(20(30)22-19(14)29)18-8-16(28)17(11-27)31-18/h4-7,9-10,16-18,27-28H,8,11H2,1-3H3,(H,22,29,30)/t16-,17+,18+/m0/s1. The molecule has 3 atom stereocenters. The summed E-state index contributed by atoms with van der Waals surface area (Å²) in [6, 6.07) is 7.88. The highest BCUT2D eigenvalue weighted by atomic mass is 16.5. The molecule has 1 aliphatic rings. The van der Waals surface area contributed by atoms with Crippen LogP contribution >= 0.6 is 0 Å². The Bertz CT molecular complexity index is 1190. The molecule has 10 nitrogen and oxygen atoms in total. The maximum atomic E-state index is 12.4. The van der Waals surface area contributed by atoms with Crippen molar-refractivity contribution in [1.29, 1.82) is 0 Å². The van der Waals surface area contributed by atoms with Crippen LogP contribution in [-0.2, 0) is 10.2 Å². The van der Waals surface area contributed by atoms with Gasteiger partial charge in [0.2, 0.25) is 0 Å². The van der Waals surface area contributed by atoms with E-state index in [1.165, 1.54) is 16.3 Å². The maximum absolute atomic E-state index is 12.4. The number of aromatic amines is 1. The van der Waals surface area contributed by atoms with Crippen molar-refractivity contribution in [3.05, 3.63) is 63.1 Å². The molecule has 0 saturated carbocycles. The first-order chi connectivity index (χ1) is 14.7. The van der Waals surface area contributed by atoms with E-state index in [0.717, 1.165) is 5.69 Å². The zero-order valence-corrected chi connectivity index (χ0v) is 17.5. The second-order valence-corrected chi connectivity index (χ2v) is 8.67. The molecule has 1 aromatic carbocycles. The smallest absolute Gasteiger partial charge is 0.330 e. The van der Waals surface area contributed by atoms with E-state index in [1.807, 2.05) is 24.3 Å². The Morgan fingerprint density at radius 3 is 2.52 bits per heavy atom. The molecule has 10 heteroatoms. The number of nitrogens with zero attached hydrogens (tertiary/aromatic N) is 4. The van der Waals surface area contributed by atoms with Crippen LogP contribution in [0.5, 0.6) is 0 Å². The molecule has 164 valence electrons. The van der Waals surface area contributed by atoms with Crippen LogP contribution in [0.1, 0.15) is 39.0 Å². The molecular formula is C21H25N5O5. The van der Waals surface area contributed by atoms with Gasteiger partial charge in [-0.05, 0) is 23.1 Å². The predicted octanol–water partition coefficient (Wildman–Crippen LogP) is 0.722. The lowest BCUT2D eigenvalue weighted by Gasteiger charge is -2.19. The van der Waals surface area contributed by atoms with Gasteiger partial charge < -0.3 is 14.9 Å². The number of hydrogen-bond donors (Lipinski definition) is 3. The van der Waals surface area contributed by atoms with Gasteiger partial charge in [-0.1, -0.05) is 38.1 Å². The number of ether oxygens (including phenoxy) is 1. The van der Waals surface area contributed by atoms with Crippen molar-refractivity contribution in [3.8, 4) is 16.9 Å². The lowest BCUT2D eigenvalue weighted by Crippen LogP contribution is -2.33. The van der Waals surface area contributed by atoms with Crippen molar-refractivity contribution in [2.24, 2.45) is 0 Å². The van der Waals surface area contributed by atoms with Crippen molar-refractivity contribution in [1.82, 2.24) is 24.5 Å². The van der Waals surface area contributed by atoms with Crippen molar-refractivity contribution in [2.75, 3.05) is 6.61 Å². The van der Waals surface area contributed by atoms with Crippen molar-refractivity contribution >= 4 is 0 Å². The van der Waals surface area contributed by atoms with E-state index in [1.54, 1.807) is 10.9 Å². The van der Waals surface area contributed by atoms with Crippen molar-refractivity contribution in [2.45, 2.75) is 51.0 Å². The molecule has 0 aliphatic carbocycles. The molecule has 0 amide bonds. The van der Waals surface area contributed by atoms with E-state index in [9.17, 15) is 19.8 Å². The lowest BCUT2D eigenvalue weighted by molar-refractivity contribution is -0.0458. The Morgan fingerprint density at radius 1 is 1.19 bits per heavy atom. The van der Waals surface area contributed by atoms with Crippen LogP contribution in [0.25, 0.3) is 16.9 Å². The Morgan fingerprint density at radius 2 is 1.90 bits per heavy atom. The molecule has 0 unspecified atom stereocenters. The summed E-state index contributed by atoms with van der Waals surface area (Å²) in [5.74, 6) is 0. The second-order valence-electron chi connectivity index (χ2n) is 8.67. The Labute approximate surface area is 177 Å². The zero-order chi connectivity index (χ0) is 22.3. The number of aromatic nitrogens is 5. The van der Waals surface area contributed by atoms with Crippen LogP contribution in [0.2, 0.25) is 0 Å². The highest BCUT2D eigenvalue weighted by molar-refractivity contribution is 5.55. The van der Waals surface area contributed by atoms with Gasteiger partial charge in [0.15, 0.2) is 0 Å². The van der Waals surface area contributed by atoms with Crippen molar-refractivity contribution < 1.29 is 14.9 Å². The first-order valence-electron chi connectivity index (χ1n) is 10.0. The average molecular weight is 427 g/mol. The van der Waals surface area contributed by atoms with Crippen molar-refractivity contribution in [3.63, 3.8) is 0 Å². The maximum Gasteiger partial charge on any atom is 0.330 e. The van der Waals surface area contributed by atoms with Gasteiger partial charge in [0, 0.05) is 12.6 Å². The van der Waals surface area contributed by atoms with Gasteiger partial charge in [-0.3, -0.25) is 14.3 Å². The summed E-state index contributed by atoms with van der Waals surface area (Å²) in [5.41, 5.74) is 1.14. The molecule has 1 saturated heterocycles. The Balaban J connectivity index is 1.66. The van der Waals surface area contributed by atoms with Crippen LogP contribution in [-0.4, -0.2) is 53.6 Å². The lowest BCUT2D eigenvalue weighted by atomic mass is 9.87. The third-order valence-electron chi connectivity index (χ3n) is 5.43. The van der Waals surface area contributed by atoms with E-state index in [2.05, 4.69) is 36.1 Å². The summed E-state index contributed by atoms with van der Waals surface area (Å²) < 4.78 is 8.27. The molecule has 3 aromatic rings. The summed E-state index contributed by atoms with van der Waals surface area (Å²) in [7, 11) is 0. The number of hydrogen-bond acceptors (Lipinski definition) is 7. The third kappa shape index (κ3) is 4.09. The summed E-state index contributed by atoms with van der Waals surface area (Å²) in [6.45, 7) is 6.02. The quantitative estimate of drug-likeness (QED) is 0.558. The number of benzene rings is 1. The zero-order valence-electron chi connectivity index (χ0n) is 17.5. The first kappa shape index (κ1) is 21.2. The summed E-state index contributed by atoms with van der Waals surface area (Å²) in [6.07, 6.45) is 0.555. The van der Waals surface area contributed by atoms with Gasteiger partial charge >= 0.3 is 5.69 Å². The van der Waals surface area contributed by atoms with Crippen LogP contribution in [0, 0.1) is 0 Å².